The number of carbonyl (C=O) groups excluding carboxylic acids is 2. The minimum absolute atomic E-state index is 0.0402. The highest BCUT2D eigenvalue weighted by Crippen LogP contribution is 2.16. The third kappa shape index (κ3) is 5.91. The lowest BCUT2D eigenvalue weighted by Gasteiger charge is -2.18. The van der Waals surface area contributed by atoms with Crippen LogP contribution in [-0.2, 0) is 9.47 Å². The van der Waals surface area contributed by atoms with E-state index in [1.165, 1.54) is 36.4 Å². The van der Waals surface area contributed by atoms with Gasteiger partial charge in [-0.05, 0) is 51.0 Å². The number of esters is 2. The Bertz CT molecular complexity index is 872. The Hall–Kier alpha value is -3.68. The molecular weight excluding hydrogens is 392 g/mol. The van der Waals surface area contributed by atoms with E-state index in [-0.39, 0.29) is 22.3 Å². The van der Waals surface area contributed by atoms with Crippen LogP contribution in [0.4, 0.5) is 0 Å². The number of hydrogen-bond acceptors (Lipinski definition) is 6. The summed E-state index contributed by atoms with van der Waals surface area (Å²) in [6.45, 7) is 3.30. The highest BCUT2D eigenvalue weighted by atomic mass is 16.5. The maximum Gasteiger partial charge on any atom is 0.339 e. The molecule has 0 aromatic heterocycles. The zero-order valence-corrected chi connectivity index (χ0v) is 16.5. The lowest BCUT2D eigenvalue weighted by molar-refractivity contribution is 0.0184. The first kappa shape index (κ1) is 22.6. The van der Waals surface area contributed by atoms with Gasteiger partial charge in [0, 0.05) is 0 Å². The van der Waals surface area contributed by atoms with Crippen molar-refractivity contribution in [2.45, 2.75) is 38.9 Å². The number of carbonyl (C=O) groups is 4. The average Bonchev–Trinajstić information content (AvgIpc) is 2.72. The molecule has 2 rings (SSSR count). The Kier molecular flexibility index (Phi) is 7.69. The van der Waals surface area contributed by atoms with Gasteiger partial charge < -0.3 is 19.7 Å². The van der Waals surface area contributed by atoms with Crippen molar-refractivity contribution in [2.24, 2.45) is 0 Å². The molecule has 0 fully saturated rings. The monoisotopic (exact) mass is 414 g/mol. The highest BCUT2D eigenvalue weighted by Gasteiger charge is 2.21. The van der Waals surface area contributed by atoms with Gasteiger partial charge in [0.05, 0.1) is 34.5 Å². The molecule has 0 aliphatic carbocycles. The van der Waals surface area contributed by atoms with E-state index in [0.717, 1.165) is 0 Å². The fourth-order valence-electron chi connectivity index (χ4n) is 2.77. The predicted molar refractivity (Wildman–Crippen MR) is 106 cm³/mol. The van der Waals surface area contributed by atoms with Crippen molar-refractivity contribution in [3.8, 4) is 0 Å². The van der Waals surface area contributed by atoms with E-state index in [1.54, 1.807) is 26.0 Å². The molecular formula is C22H22O8. The number of benzene rings is 2. The fraction of sp³-hybridized carbons (Fsp3) is 0.273. The lowest BCUT2D eigenvalue weighted by Crippen LogP contribution is -2.21. The van der Waals surface area contributed by atoms with Gasteiger partial charge in [0.25, 0.3) is 0 Å². The second-order valence-corrected chi connectivity index (χ2v) is 6.71. The topological polar surface area (TPSA) is 127 Å². The molecule has 2 N–H and O–H groups in total. The van der Waals surface area contributed by atoms with E-state index in [2.05, 4.69) is 0 Å². The SMILES string of the molecule is C[C@H](CC[C@@H](C)OC(=O)c1ccccc1C(=O)O)OC(=O)c1ccccc1C(=O)O. The quantitative estimate of drug-likeness (QED) is 0.595. The molecule has 8 nitrogen and oxygen atoms in total. The Labute approximate surface area is 173 Å². The van der Waals surface area contributed by atoms with Crippen LogP contribution < -0.4 is 0 Å². The predicted octanol–water partition coefficient (Wildman–Crippen LogP) is 3.65. The third-order valence-corrected chi connectivity index (χ3v) is 4.35. The van der Waals surface area contributed by atoms with Crippen LogP contribution >= 0.6 is 0 Å². The van der Waals surface area contributed by atoms with Crippen LogP contribution in [0.2, 0.25) is 0 Å². The van der Waals surface area contributed by atoms with Crippen molar-refractivity contribution in [1.82, 2.24) is 0 Å². The second-order valence-electron chi connectivity index (χ2n) is 6.71. The van der Waals surface area contributed by atoms with E-state index in [9.17, 15) is 19.2 Å². The number of rotatable bonds is 9. The van der Waals surface area contributed by atoms with Crippen molar-refractivity contribution in [3.05, 3.63) is 70.8 Å². The van der Waals surface area contributed by atoms with Gasteiger partial charge in [-0.2, -0.15) is 0 Å². The summed E-state index contributed by atoms with van der Waals surface area (Å²) in [6.07, 6.45) is -0.384. The Morgan fingerprint density at radius 3 is 1.27 bits per heavy atom. The molecule has 0 unspecified atom stereocenters. The molecule has 8 heteroatoms. The van der Waals surface area contributed by atoms with Gasteiger partial charge in [-0.15, -0.1) is 0 Å². The van der Waals surface area contributed by atoms with Crippen LogP contribution in [-0.4, -0.2) is 46.3 Å². The Morgan fingerprint density at radius 2 is 0.967 bits per heavy atom. The van der Waals surface area contributed by atoms with Gasteiger partial charge in [-0.1, -0.05) is 24.3 Å². The molecule has 0 bridgehead atoms. The van der Waals surface area contributed by atoms with E-state index in [4.69, 9.17) is 19.7 Å². The maximum atomic E-state index is 12.3. The van der Waals surface area contributed by atoms with E-state index in [1.807, 2.05) is 0 Å². The van der Waals surface area contributed by atoms with Crippen LogP contribution in [0.25, 0.3) is 0 Å². The van der Waals surface area contributed by atoms with E-state index < -0.39 is 36.1 Å². The van der Waals surface area contributed by atoms with E-state index >= 15 is 0 Å². The Balaban J connectivity index is 1.90. The first-order chi connectivity index (χ1) is 14.2. The molecule has 0 amide bonds. The van der Waals surface area contributed by atoms with E-state index in [0.29, 0.717) is 12.8 Å². The minimum Gasteiger partial charge on any atom is -0.478 e. The van der Waals surface area contributed by atoms with Crippen molar-refractivity contribution in [3.63, 3.8) is 0 Å². The molecule has 0 spiro atoms. The van der Waals surface area contributed by atoms with Crippen LogP contribution in [0, 0.1) is 0 Å². The van der Waals surface area contributed by atoms with Gasteiger partial charge in [0.15, 0.2) is 0 Å². The molecule has 2 aromatic rings. The molecule has 2 aromatic carbocycles. The molecule has 2 atom stereocenters. The first-order valence-electron chi connectivity index (χ1n) is 9.27. The Morgan fingerprint density at radius 1 is 0.667 bits per heavy atom. The number of hydrogen-bond donors (Lipinski definition) is 2. The number of ether oxygens (including phenoxy) is 2. The molecule has 30 heavy (non-hydrogen) atoms. The lowest BCUT2D eigenvalue weighted by atomic mass is 10.1. The number of carboxylic acids is 2. The second kappa shape index (κ2) is 10.2. The summed E-state index contributed by atoms with van der Waals surface area (Å²) in [7, 11) is 0. The summed E-state index contributed by atoms with van der Waals surface area (Å²) < 4.78 is 10.6. The largest absolute Gasteiger partial charge is 0.478 e. The summed E-state index contributed by atoms with van der Waals surface area (Å²) in [5, 5.41) is 18.3. The standard InChI is InChI=1S/C22H22O8/c1-13(29-21(27)17-9-5-3-7-15(17)19(23)24)11-12-14(2)30-22(28)18-10-6-4-8-16(18)20(25)26/h3-10,13-14H,11-12H2,1-2H3,(H,23,24)(H,25,26)/t13-,14-/m1/s1. The van der Waals surface area contributed by atoms with Crippen molar-refractivity contribution in [2.75, 3.05) is 0 Å². The van der Waals surface area contributed by atoms with Crippen molar-refractivity contribution in [1.29, 1.82) is 0 Å². The fourth-order valence-corrected chi connectivity index (χ4v) is 2.77. The molecule has 0 aliphatic rings. The van der Waals surface area contributed by atoms with Gasteiger partial charge >= 0.3 is 23.9 Å². The van der Waals surface area contributed by atoms with Gasteiger partial charge in [0.1, 0.15) is 0 Å². The van der Waals surface area contributed by atoms with Crippen LogP contribution in [0.3, 0.4) is 0 Å². The molecule has 0 aliphatic heterocycles. The normalized spacial score (nSPS) is 12.5. The molecule has 0 heterocycles. The molecule has 0 saturated heterocycles. The van der Waals surface area contributed by atoms with Crippen LogP contribution in [0.5, 0.6) is 0 Å². The molecule has 0 radical (unpaired) electrons. The molecule has 158 valence electrons. The van der Waals surface area contributed by atoms with Crippen LogP contribution in [0.15, 0.2) is 48.5 Å². The van der Waals surface area contributed by atoms with Crippen LogP contribution in [0.1, 0.15) is 68.1 Å². The number of carboxylic acid groups (broad SMARTS) is 2. The third-order valence-electron chi connectivity index (χ3n) is 4.35. The van der Waals surface area contributed by atoms with Gasteiger partial charge in [0.2, 0.25) is 0 Å². The average molecular weight is 414 g/mol. The zero-order chi connectivity index (χ0) is 22.3. The molecule has 0 saturated carbocycles. The summed E-state index contributed by atoms with van der Waals surface area (Å²) in [4.78, 5) is 47.0. The summed E-state index contributed by atoms with van der Waals surface area (Å²) in [5.74, 6) is -3.95. The minimum atomic E-state index is -1.22. The first-order valence-corrected chi connectivity index (χ1v) is 9.27. The summed E-state index contributed by atoms with van der Waals surface area (Å²) >= 11 is 0. The number of aromatic carboxylic acids is 2. The van der Waals surface area contributed by atoms with Crippen molar-refractivity contribution < 1.29 is 38.9 Å². The van der Waals surface area contributed by atoms with Crippen molar-refractivity contribution >= 4 is 23.9 Å². The maximum absolute atomic E-state index is 12.3. The van der Waals surface area contributed by atoms with Gasteiger partial charge in [-0.3, -0.25) is 0 Å². The highest BCUT2D eigenvalue weighted by molar-refractivity contribution is 6.03. The smallest absolute Gasteiger partial charge is 0.339 e. The zero-order valence-electron chi connectivity index (χ0n) is 16.5. The van der Waals surface area contributed by atoms with Gasteiger partial charge in [-0.25, -0.2) is 19.2 Å². The summed E-state index contributed by atoms with van der Waals surface area (Å²) in [6, 6.07) is 11.5. The summed E-state index contributed by atoms with van der Waals surface area (Å²) in [5.41, 5.74) is -0.369.